The Labute approximate surface area is 202 Å². The highest BCUT2D eigenvalue weighted by atomic mass is 79.9. The minimum Gasteiger partial charge on any atom is -0.329 e. The highest BCUT2D eigenvalue weighted by Gasteiger charge is 2.40. The molecule has 0 fully saturated rings. The van der Waals surface area contributed by atoms with Crippen molar-refractivity contribution >= 4 is 32.6 Å². The molecule has 13 heteroatoms. The number of aromatic amines is 1. The van der Waals surface area contributed by atoms with E-state index in [0.717, 1.165) is 15.1 Å². The first-order valence-corrected chi connectivity index (χ1v) is 11.1. The number of carbonyl (C=O) groups is 1. The van der Waals surface area contributed by atoms with E-state index >= 15 is 0 Å². The van der Waals surface area contributed by atoms with Crippen molar-refractivity contribution in [1.82, 2.24) is 29.9 Å². The summed E-state index contributed by atoms with van der Waals surface area (Å²) in [5, 5.41) is 14.3. The number of nitrogens with zero attached hydrogens (tertiary/aromatic N) is 5. The smallest absolute Gasteiger partial charge is 0.329 e. The third-order valence-electron chi connectivity index (χ3n) is 5.76. The number of amides is 1. The molecule has 0 spiro atoms. The lowest BCUT2D eigenvalue weighted by Crippen LogP contribution is -2.39. The molecule has 2 aromatic heterocycles. The van der Waals surface area contributed by atoms with Crippen LogP contribution >= 0.6 is 15.9 Å². The highest BCUT2D eigenvalue weighted by molar-refractivity contribution is 9.10. The summed E-state index contributed by atoms with van der Waals surface area (Å²) < 4.78 is 55.5. The van der Waals surface area contributed by atoms with Crippen LogP contribution in [0.1, 0.15) is 33.3 Å². The van der Waals surface area contributed by atoms with Crippen LogP contribution in [0.2, 0.25) is 0 Å². The zero-order chi connectivity index (χ0) is 24.9. The first kappa shape index (κ1) is 23.1. The van der Waals surface area contributed by atoms with Crippen LogP contribution in [0.25, 0.3) is 10.8 Å². The minimum absolute atomic E-state index is 0.0250. The Hall–Kier alpha value is -3.61. The number of benzene rings is 2. The molecule has 0 saturated carbocycles. The number of hydrogen-bond acceptors (Lipinski definition) is 5. The SMILES string of the molecule is O=C(c1cc(Cc2n[nH]c(=O)c3ccc(Br)cc23)ccc1F)N1CCn2c(nnc2C(F)(F)F)C1. The summed E-state index contributed by atoms with van der Waals surface area (Å²) in [7, 11) is 0. The van der Waals surface area contributed by atoms with Crippen LogP contribution in [-0.2, 0) is 25.7 Å². The molecule has 180 valence electrons. The van der Waals surface area contributed by atoms with Gasteiger partial charge in [-0.3, -0.25) is 9.59 Å². The zero-order valence-corrected chi connectivity index (χ0v) is 19.3. The van der Waals surface area contributed by atoms with Gasteiger partial charge in [0.1, 0.15) is 5.82 Å². The summed E-state index contributed by atoms with van der Waals surface area (Å²) >= 11 is 3.37. The van der Waals surface area contributed by atoms with Crippen molar-refractivity contribution in [2.75, 3.05) is 6.54 Å². The maximum atomic E-state index is 14.6. The second kappa shape index (κ2) is 8.56. The van der Waals surface area contributed by atoms with E-state index in [1.807, 2.05) is 0 Å². The van der Waals surface area contributed by atoms with E-state index in [1.165, 1.54) is 17.0 Å². The molecule has 1 N–H and O–H groups in total. The molecule has 0 atom stereocenters. The van der Waals surface area contributed by atoms with Crippen LogP contribution in [-0.4, -0.2) is 42.3 Å². The summed E-state index contributed by atoms with van der Waals surface area (Å²) in [6.45, 7) is -0.450. The van der Waals surface area contributed by atoms with Gasteiger partial charge in [0.15, 0.2) is 5.82 Å². The molecule has 5 rings (SSSR count). The van der Waals surface area contributed by atoms with Gasteiger partial charge in [-0.15, -0.1) is 10.2 Å². The van der Waals surface area contributed by atoms with Crippen LogP contribution in [0.15, 0.2) is 45.7 Å². The second-order valence-corrected chi connectivity index (χ2v) is 8.91. The Morgan fingerprint density at radius 3 is 2.66 bits per heavy atom. The van der Waals surface area contributed by atoms with Gasteiger partial charge in [0, 0.05) is 29.4 Å². The second-order valence-electron chi connectivity index (χ2n) is 8.00. The topological polar surface area (TPSA) is 96.8 Å². The Morgan fingerprint density at radius 1 is 1.09 bits per heavy atom. The monoisotopic (exact) mass is 550 g/mol. The van der Waals surface area contributed by atoms with Gasteiger partial charge in [-0.2, -0.15) is 18.3 Å². The molecule has 3 heterocycles. The molecule has 1 aliphatic rings. The van der Waals surface area contributed by atoms with Gasteiger partial charge in [0.2, 0.25) is 5.82 Å². The molecular formula is C22H15BrF4N6O2. The van der Waals surface area contributed by atoms with Crippen molar-refractivity contribution in [3.8, 4) is 0 Å². The molecule has 35 heavy (non-hydrogen) atoms. The van der Waals surface area contributed by atoms with Gasteiger partial charge < -0.3 is 9.47 Å². The van der Waals surface area contributed by atoms with Crippen LogP contribution in [0.5, 0.6) is 0 Å². The number of alkyl halides is 3. The van der Waals surface area contributed by atoms with Crippen LogP contribution in [0.3, 0.4) is 0 Å². The Kier molecular flexibility index (Phi) is 5.66. The van der Waals surface area contributed by atoms with E-state index in [1.54, 1.807) is 18.2 Å². The third kappa shape index (κ3) is 4.31. The molecule has 0 saturated heterocycles. The molecule has 2 aromatic carbocycles. The van der Waals surface area contributed by atoms with Gasteiger partial charge in [-0.25, -0.2) is 9.49 Å². The molecule has 1 amide bonds. The molecule has 4 aromatic rings. The first-order valence-electron chi connectivity index (χ1n) is 10.4. The summed E-state index contributed by atoms with van der Waals surface area (Å²) in [6.07, 6.45) is -4.46. The van der Waals surface area contributed by atoms with Gasteiger partial charge in [-0.1, -0.05) is 22.0 Å². The highest BCUT2D eigenvalue weighted by Crippen LogP contribution is 2.30. The van der Waals surface area contributed by atoms with Crippen molar-refractivity contribution in [3.63, 3.8) is 0 Å². The molecular weight excluding hydrogens is 536 g/mol. The Morgan fingerprint density at radius 2 is 1.89 bits per heavy atom. The van der Waals surface area contributed by atoms with E-state index in [-0.39, 0.29) is 43.0 Å². The molecule has 0 radical (unpaired) electrons. The summed E-state index contributed by atoms with van der Waals surface area (Å²) in [5.41, 5.74) is 0.519. The van der Waals surface area contributed by atoms with Crippen molar-refractivity contribution < 1.29 is 22.4 Å². The fourth-order valence-corrected chi connectivity index (χ4v) is 4.44. The normalized spacial score (nSPS) is 13.8. The average Bonchev–Trinajstić information content (AvgIpc) is 3.25. The van der Waals surface area contributed by atoms with E-state index in [0.29, 0.717) is 22.0 Å². The number of nitrogens with one attached hydrogen (secondary N) is 1. The minimum atomic E-state index is -4.66. The Bertz CT molecular complexity index is 1530. The van der Waals surface area contributed by atoms with Gasteiger partial charge >= 0.3 is 6.18 Å². The average molecular weight is 551 g/mol. The Balaban J connectivity index is 1.43. The fourth-order valence-electron chi connectivity index (χ4n) is 4.08. The number of rotatable bonds is 3. The van der Waals surface area contributed by atoms with E-state index < -0.39 is 23.7 Å². The lowest BCUT2D eigenvalue weighted by Gasteiger charge is -2.28. The standard InChI is InChI=1S/C22H15BrF4N6O2/c23-12-2-3-13-14(9-12)17(28-30-19(13)34)8-11-1-4-16(24)15(7-11)20(35)32-5-6-33-18(10-32)29-31-21(33)22(25,26)27/h1-4,7,9H,5-6,8,10H2,(H,30,34). The quantitative estimate of drug-likeness (QED) is 0.392. The van der Waals surface area contributed by atoms with Crippen molar-refractivity contribution in [2.45, 2.75) is 25.7 Å². The van der Waals surface area contributed by atoms with Gasteiger partial charge in [0.05, 0.1) is 23.2 Å². The van der Waals surface area contributed by atoms with Crippen molar-refractivity contribution in [3.05, 3.63) is 85.5 Å². The number of fused-ring (bicyclic) bond motifs is 2. The maximum absolute atomic E-state index is 14.6. The number of halogens is 5. The van der Waals surface area contributed by atoms with E-state index in [2.05, 4.69) is 36.3 Å². The van der Waals surface area contributed by atoms with Crippen LogP contribution in [0.4, 0.5) is 17.6 Å². The molecule has 8 nitrogen and oxygen atoms in total. The number of carbonyl (C=O) groups excluding carboxylic acids is 1. The van der Waals surface area contributed by atoms with E-state index in [4.69, 9.17) is 0 Å². The zero-order valence-electron chi connectivity index (χ0n) is 17.7. The summed E-state index contributed by atoms with van der Waals surface area (Å²) in [4.78, 5) is 26.4. The molecule has 0 unspecified atom stereocenters. The summed E-state index contributed by atoms with van der Waals surface area (Å²) in [5.74, 6) is -2.58. The summed E-state index contributed by atoms with van der Waals surface area (Å²) in [6, 6.07) is 9.18. The third-order valence-corrected chi connectivity index (χ3v) is 6.25. The fraction of sp³-hybridized carbons (Fsp3) is 0.227. The molecule has 1 aliphatic heterocycles. The van der Waals surface area contributed by atoms with E-state index in [9.17, 15) is 27.2 Å². The molecule has 0 bridgehead atoms. The van der Waals surface area contributed by atoms with Crippen molar-refractivity contribution in [2.24, 2.45) is 0 Å². The van der Waals surface area contributed by atoms with Gasteiger partial charge in [0.25, 0.3) is 11.5 Å². The predicted octanol–water partition coefficient (Wildman–Crippen LogP) is 3.68. The van der Waals surface area contributed by atoms with Crippen molar-refractivity contribution in [1.29, 1.82) is 0 Å². The number of H-pyrrole nitrogens is 1. The van der Waals surface area contributed by atoms with Crippen LogP contribution < -0.4 is 5.56 Å². The lowest BCUT2D eigenvalue weighted by molar-refractivity contribution is -0.147. The van der Waals surface area contributed by atoms with Crippen LogP contribution in [0, 0.1) is 5.82 Å². The largest absolute Gasteiger partial charge is 0.451 e. The lowest BCUT2D eigenvalue weighted by atomic mass is 10.0. The predicted molar refractivity (Wildman–Crippen MR) is 119 cm³/mol. The van der Waals surface area contributed by atoms with Gasteiger partial charge in [-0.05, 0) is 35.9 Å². The number of hydrogen-bond donors (Lipinski definition) is 1. The maximum Gasteiger partial charge on any atom is 0.451 e. The number of aromatic nitrogens is 5. The first-order chi connectivity index (χ1) is 16.6. The molecule has 0 aliphatic carbocycles.